The van der Waals surface area contributed by atoms with Crippen LogP contribution >= 0.6 is 0 Å². The zero-order valence-electron chi connectivity index (χ0n) is 63.6. The van der Waals surface area contributed by atoms with Crippen molar-refractivity contribution in [3.8, 4) is 0 Å². The fraction of sp³-hybridized carbons (Fsp3) is 0.528. The Hall–Kier alpha value is -12.7. The number of nitrogen functional groups attached to an aromatic ring is 1. The molecule has 1 aromatic heterocycles. The fourth-order valence-corrected chi connectivity index (χ4v) is 11.7. The number of para-hydroxylation sites is 2. The number of aliphatic carboxylic acids is 4. The summed E-state index contributed by atoms with van der Waals surface area (Å²) in [7, 11) is 0. The van der Waals surface area contributed by atoms with Gasteiger partial charge in [0, 0.05) is 47.6 Å². The Morgan fingerprint density at radius 2 is 1.09 bits per heavy atom. The van der Waals surface area contributed by atoms with Crippen molar-refractivity contribution < 1.29 is 126 Å². The lowest BCUT2D eigenvalue weighted by molar-refractivity contribution is -0.156. The number of carbonyl (C=O) groups is 20. The van der Waals surface area contributed by atoms with Gasteiger partial charge in [-0.3, -0.25) is 91.1 Å². The summed E-state index contributed by atoms with van der Waals surface area (Å²) in [6.45, 7) is 1.11. The number of fused-ring (bicyclic) bond motifs is 1. The largest absolute Gasteiger partial charge is 0.481 e. The number of cyclic esters (lactones) is 1. The monoisotopic (exact) mass is 1620 g/mol. The third-order valence-electron chi connectivity index (χ3n) is 17.9. The minimum Gasteiger partial charge on any atom is -0.481 e. The lowest BCUT2D eigenvalue weighted by atomic mass is 9.96. The van der Waals surface area contributed by atoms with Gasteiger partial charge in [-0.1, -0.05) is 82.7 Å². The Bertz CT molecular complexity index is 4040. The van der Waals surface area contributed by atoms with E-state index in [1.807, 2.05) is 16.0 Å². The van der Waals surface area contributed by atoms with Gasteiger partial charge >= 0.3 is 29.8 Å². The first-order chi connectivity index (χ1) is 54.4. The highest BCUT2D eigenvalue weighted by Crippen LogP contribution is 2.22. The number of nitrogens with one attached hydrogen (secondary N) is 14. The number of carboxylic acid groups (broad SMARTS) is 4. The Kier molecular flexibility index (Phi) is 39.2. The fourth-order valence-electron chi connectivity index (χ4n) is 11.7. The average molecular weight is 1620 g/mol. The number of primary amides is 1. The third-order valence-corrected chi connectivity index (χ3v) is 17.9. The van der Waals surface area contributed by atoms with Crippen molar-refractivity contribution in [2.75, 3.05) is 32.0 Å². The number of hydrogen-bond donors (Lipinski definition) is 22. The van der Waals surface area contributed by atoms with Gasteiger partial charge in [0.05, 0.1) is 51.8 Å². The highest BCUT2D eigenvalue weighted by molar-refractivity contribution is 6.05. The number of aliphatic hydroxyl groups excluding tert-OH is 1. The maximum atomic E-state index is 14.8. The van der Waals surface area contributed by atoms with Crippen molar-refractivity contribution >= 4 is 135 Å². The van der Waals surface area contributed by atoms with Gasteiger partial charge in [0.1, 0.15) is 72.6 Å². The SMILES string of the molecule is CCCCCCCCCC(=O)N[C@@H](Cc1c[nH]c2ccccc12)C(=O)N[C@H](CC(N)=O)C(=O)N[C@@H](CC(=O)O)C(=O)N[C@@H]1C(=O)NCC(=O)N[C@H](CCCN)C(=O)N[C@@H](CC(=O)O)C(=O)N[C@H](C)C(=O)N[C@@H](CC(=O)O)C(=O)NCC(=O)N[C@H](CO)C(=O)N[C@@H]([C@H](C)CC(=O)O)C(=O)N[C@@H](CC(=O)c2ccccc2N)C(=O)O[C@@H]1C. The second-order valence-electron chi connectivity index (χ2n) is 27.2. The molecule has 0 saturated carbocycles. The van der Waals surface area contributed by atoms with E-state index in [4.69, 9.17) is 21.9 Å². The van der Waals surface area contributed by atoms with Crippen LogP contribution in [0.5, 0.6) is 0 Å². The van der Waals surface area contributed by atoms with Gasteiger partial charge < -0.3 is 122 Å². The zero-order chi connectivity index (χ0) is 85.8. The first kappa shape index (κ1) is 94.7. The van der Waals surface area contributed by atoms with Crippen molar-refractivity contribution in [1.82, 2.24) is 74.1 Å². The van der Waals surface area contributed by atoms with Gasteiger partial charge in [-0.05, 0) is 69.3 Å². The number of rotatable bonds is 35. The van der Waals surface area contributed by atoms with E-state index >= 15 is 0 Å². The molecular formula is C72H101N17O26. The highest BCUT2D eigenvalue weighted by Gasteiger charge is 2.41. The van der Waals surface area contributed by atoms with Crippen LogP contribution < -0.4 is 86.3 Å². The number of ether oxygens (including phenoxy) is 1. The normalized spacial score (nSPS) is 21.2. The highest BCUT2D eigenvalue weighted by atomic mass is 16.5. The number of benzene rings is 2. The number of aliphatic hydroxyl groups is 1. The number of amides is 14. The molecule has 115 heavy (non-hydrogen) atoms. The quantitative estimate of drug-likeness (QED) is 0.0113. The van der Waals surface area contributed by atoms with Crippen LogP contribution in [0.4, 0.5) is 5.69 Å². The molecule has 25 N–H and O–H groups in total. The second-order valence-corrected chi connectivity index (χ2v) is 27.2. The van der Waals surface area contributed by atoms with Gasteiger partial charge in [-0.25, -0.2) is 4.79 Å². The van der Waals surface area contributed by atoms with Crippen molar-refractivity contribution in [2.24, 2.45) is 17.4 Å². The Morgan fingerprint density at radius 1 is 0.548 bits per heavy atom. The molecular weight excluding hydrogens is 1520 g/mol. The number of esters is 1. The minimum atomic E-state index is -2.45. The molecule has 630 valence electrons. The zero-order valence-corrected chi connectivity index (χ0v) is 63.6. The molecule has 0 unspecified atom stereocenters. The molecule has 0 aliphatic carbocycles. The van der Waals surface area contributed by atoms with Crippen LogP contribution in [0.2, 0.25) is 0 Å². The smallest absolute Gasteiger partial charge is 0.329 e. The van der Waals surface area contributed by atoms with E-state index < -0.39 is 261 Å². The molecule has 2 aromatic carbocycles. The van der Waals surface area contributed by atoms with E-state index in [0.29, 0.717) is 29.3 Å². The molecule has 1 fully saturated rings. The van der Waals surface area contributed by atoms with Crippen molar-refractivity contribution in [2.45, 2.75) is 209 Å². The van der Waals surface area contributed by atoms with Crippen LogP contribution in [0.3, 0.4) is 0 Å². The van der Waals surface area contributed by atoms with Crippen molar-refractivity contribution in [1.29, 1.82) is 0 Å². The predicted octanol–water partition coefficient (Wildman–Crippen LogP) is -5.62. The number of hydrogen-bond acceptors (Lipinski definition) is 24. The van der Waals surface area contributed by atoms with E-state index in [9.17, 15) is 121 Å². The average Bonchev–Trinajstić information content (AvgIpc) is 1.72. The number of H-pyrrole nitrogens is 1. The maximum absolute atomic E-state index is 14.8. The van der Waals surface area contributed by atoms with Gasteiger partial charge in [0.2, 0.25) is 82.7 Å². The number of ketones is 1. The first-order valence-corrected chi connectivity index (χ1v) is 36.8. The number of Topliss-reactive ketones (excluding diaryl/α,β-unsaturated/α-hetero) is 1. The first-order valence-electron chi connectivity index (χ1n) is 36.8. The van der Waals surface area contributed by atoms with E-state index in [1.165, 1.54) is 24.3 Å². The number of anilines is 1. The van der Waals surface area contributed by atoms with Gasteiger partial charge in [-0.2, -0.15) is 0 Å². The van der Waals surface area contributed by atoms with Crippen molar-refractivity contribution in [3.05, 3.63) is 65.9 Å². The summed E-state index contributed by atoms with van der Waals surface area (Å²) in [6, 6.07) is -10.5. The van der Waals surface area contributed by atoms with Gasteiger partial charge in [0.15, 0.2) is 5.78 Å². The summed E-state index contributed by atoms with van der Waals surface area (Å²) in [5.41, 5.74) is 18.1. The van der Waals surface area contributed by atoms with E-state index in [1.54, 1.807) is 30.5 Å². The summed E-state index contributed by atoms with van der Waals surface area (Å²) in [6.07, 6.45) is -2.33. The number of carbonyl (C=O) groups excluding carboxylic acids is 16. The molecule has 43 nitrogen and oxygen atoms in total. The molecule has 1 aliphatic rings. The molecule has 13 atom stereocenters. The molecule has 43 heteroatoms. The Labute approximate surface area is 657 Å². The van der Waals surface area contributed by atoms with Crippen LogP contribution in [-0.2, 0) is 102 Å². The molecule has 3 aromatic rings. The molecule has 0 spiro atoms. The molecule has 2 heterocycles. The summed E-state index contributed by atoms with van der Waals surface area (Å²) < 4.78 is 5.68. The van der Waals surface area contributed by atoms with E-state index in [-0.39, 0.29) is 37.1 Å². The number of unbranched alkanes of at least 4 members (excludes halogenated alkanes) is 6. The summed E-state index contributed by atoms with van der Waals surface area (Å²) in [5.74, 6) is -29.7. The molecule has 14 amide bonds. The molecule has 4 rings (SSSR count). The second kappa shape index (κ2) is 47.6. The summed E-state index contributed by atoms with van der Waals surface area (Å²) in [4.78, 5) is 276. The molecule has 0 radical (unpaired) electrons. The Balaban J connectivity index is 1.87. The van der Waals surface area contributed by atoms with Gasteiger partial charge in [0.25, 0.3) is 0 Å². The van der Waals surface area contributed by atoms with E-state index in [2.05, 4.69) is 65.1 Å². The predicted molar refractivity (Wildman–Crippen MR) is 400 cm³/mol. The number of carboxylic acids is 4. The Morgan fingerprint density at radius 3 is 1.69 bits per heavy atom. The lowest BCUT2D eigenvalue weighted by Gasteiger charge is -2.30. The summed E-state index contributed by atoms with van der Waals surface area (Å²) in [5, 5.41) is 78.7. The van der Waals surface area contributed by atoms with Crippen LogP contribution in [0.15, 0.2) is 54.7 Å². The number of aromatic amines is 1. The van der Waals surface area contributed by atoms with Crippen LogP contribution in [0.25, 0.3) is 10.9 Å². The van der Waals surface area contributed by atoms with Gasteiger partial charge in [-0.15, -0.1) is 0 Å². The molecule has 1 aliphatic heterocycles. The molecule has 1 saturated heterocycles. The molecule has 0 bridgehead atoms. The van der Waals surface area contributed by atoms with Crippen molar-refractivity contribution in [3.63, 3.8) is 0 Å². The topological polar surface area (TPSA) is 702 Å². The standard InChI is InChI=1S/C72H101N17O26/c1-5-6-7-8-9-10-11-22-53(93)81-44(25-38-31-76-42-20-15-13-17-39(38)42)66(108)84-45(27-52(75)92)67(109)86-48(30-59(102)103)68(110)89-61-37(4)115-72(114)49(26-51(91)40-18-12-14-19-41(40)74)87-71(113)60(35(2)24-56(96)97)88-69(111)50(34-90)82-55(95)32-77-63(105)46(28-57(98)99)83-62(104)36(3)79-65(107)47(29-58(100)101)85-64(106)43(21-16-23-73)80-54(94)33-78-70(61)112/h12-15,17-20,31,35-37,43-50,60-61,76,90H,5-11,16,21-30,32-34,73-74H2,1-4H3,(H2,75,92)(H,77,105)(H,78,112)(H,79,107)(H,80,94)(H,81,93)(H,82,95)(H,83,104)(H,84,108)(H,85,106)(H,86,109)(H,87,113)(H,88,111)(H,89,110)(H,96,97)(H,98,99)(H,100,101)(H,102,103)/t35-,36-,37-,43-,44+,45-,46+,47+,48+,49+,50-,60+,61+/m1/s1. The maximum Gasteiger partial charge on any atom is 0.329 e. The number of nitrogens with two attached hydrogens (primary N) is 3. The summed E-state index contributed by atoms with van der Waals surface area (Å²) >= 11 is 0. The third kappa shape index (κ3) is 32.5. The van der Waals surface area contributed by atoms with E-state index in [0.717, 1.165) is 52.9 Å². The van der Waals surface area contributed by atoms with Crippen LogP contribution in [-0.4, -0.2) is 248 Å². The number of aromatic nitrogens is 1. The minimum absolute atomic E-state index is 0.0186. The lowest BCUT2D eigenvalue weighted by Crippen LogP contribution is -2.62. The van der Waals surface area contributed by atoms with Crippen LogP contribution in [0.1, 0.15) is 146 Å². The van der Waals surface area contributed by atoms with Crippen LogP contribution in [0, 0.1) is 5.92 Å².